The van der Waals surface area contributed by atoms with Crippen molar-refractivity contribution >= 4 is 5.97 Å². The Morgan fingerprint density at radius 3 is 2.95 bits per heavy atom. The highest BCUT2D eigenvalue weighted by Crippen LogP contribution is 2.31. The molecule has 0 amide bonds. The molecule has 0 aromatic rings. The van der Waals surface area contributed by atoms with E-state index in [0.29, 0.717) is 12.0 Å². The Morgan fingerprint density at radius 2 is 2.26 bits per heavy atom. The molecule has 2 fully saturated rings. The van der Waals surface area contributed by atoms with Crippen LogP contribution in [-0.4, -0.2) is 49.2 Å². The summed E-state index contributed by atoms with van der Waals surface area (Å²) in [5.41, 5.74) is -0.467. The largest absolute Gasteiger partial charge is 0.468 e. The molecular formula is C15H28N2O2. The fraction of sp³-hybridized carbons (Fsp3) is 0.933. The molecule has 3 atom stereocenters. The second-order valence-corrected chi connectivity index (χ2v) is 6.29. The predicted octanol–water partition coefficient (Wildman–Crippen LogP) is 1.79. The topological polar surface area (TPSA) is 41.6 Å². The number of esters is 1. The molecule has 0 radical (unpaired) electrons. The molecule has 0 spiro atoms. The minimum Gasteiger partial charge on any atom is -0.468 e. The van der Waals surface area contributed by atoms with Gasteiger partial charge in [-0.3, -0.25) is 4.79 Å². The Bertz CT molecular complexity index is 321. The van der Waals surface area contributed by atoms with Crippen LogP contribution in [0, 0.1) is 5.92 Å². The van der Waals surface area contributed by atoms with E-state index in [4.69, 9.17) is 4.74 Å². The van der Waals surface area contributed by atoms with Crippen LogP contribution >= 0.6 is 0 Å². The Labute approximate surface area is 116 Å². The maximum atomic E-state index is 11.8. The molecule has 110 valence electrons. The van der Waals surface area contributed by atoms with Crippen LogP contribution in [-0.2, 0) is 9.53 Å². The van der Waals surface area contributed by atoms with Crippen molar-refractivity contribution in [1.82, 2.24) is 10.2 Å². The average molecular weight is 268 g/mol. The lowest BCUT2D eigenvalue weighted by molar-refractivity contribution is -0.147. The van der Waals surface area contributed by atoms with Crippen LogP contribution in [0.4, 0.5) is 0 Å². The lowest BCUT2D eigenvalue weighted by Gasteiger charge is -2.36. The minimum absolute atomic E-state index is 0.119. The smallest absolute Gasteiger partial charge is 0.325 e. The number of piperidine rings is 1. The summed E-state index contributed by atoms with van der Waals surface area (Å²) in [6, 6.07) is 0.713. The zero-order chi connectivity index (χ0) is 13.9. The molecule has 0 saturated carbocycles. The monoisotopic (exact) mass is 268 g/mol. The highest BCUT2D eigenvalue weighted by molar-refractivity contribution is 5.80. The summed E-state index contributed by atoms with van der Waals surface area (Å²) in [5, 5.41) is 3.36. The lowest BCUT2D eigenvalue weighted by Crippen LogP contribution is -2.45. The second-order valence-electron chi connectivity index (χ2n) is 6.29. The van der Waals surface area contributed by atoms with Gasteiger partial charge in [-0.15, -0.1) is 0 Å². The number of hydrogen-bond acceptors (Lipinski definition) is 4. The molecular weight excluding hydrogens is 240 g/mol. The van der Waals surface area contributed by atoms with Crippen molar-refractivity contribution in [3.8, 4) is 0 Å². The molecule has 2 saturated heterocycles. The summed E-state index contributed by atoms with van der Waals surface area (Å²) >= 11 is 0. The van der Waals surface area contributed by atoms with Gasteiger partial charge < -0.3 is 15.0 Å². The third kappa shape index (κ3) is 3.29. The van der Waals surface area contributed by atoms with Crippen LogP contribution < -0.4 is 5.32 Å². The molecule has 0 aromatic heterocycles. The SMILES string of the molecule is CCN1CCCCC1CC1CNC(C)(C(=O)OC)C1. The Kier molecular flexibility index (Phi) is 4.85. The van der Waals surface area contributed by atoms with Crippen molar-refractivity contribution in [1.29, 1.82) is 0 Å². The van der Waals surface area contributed by atoms with E-state index in [1.807, 2.05) is 6.92 Å². The number of ether oxygens (including phenoxy) is 1. The molecule has 2 rings (SSSR count). The summed E-state index contributed by atoms with van der Waals surface area (Å²) in [6.07, 6.45) is 6.14. The predicted molar refractivity (Wildman–Crippen MR) is 76.0 cm³/mol. The number of carbonyl (C=O) groups excluding carboxylic acids is 1. The van der Waals surface area contributed by atoms with Gasteiger partial charge in [0.2, 0.25) is 0 Å². The fourth-order valence-electron chi connectivity index (χ4n) is 3.77. The van der Waals surface area contributed by atoms with Crippen molar-refractivity contribution in [2.24, 2.45) is 5.92 Å². The number of methoxy groups -OCH3 is 1. The maximum absolute atomic E-state index is 11.8. The van der Waals surface area contributed by atoms with Gasteiger partial charge in [0.1, 0.15) is 5.54 Å². The number of likely N-dealkylation sites (tertiary alicyclic amines) is 1. The molecule has 2 aliphatic heterocycles. The molecule has 0 aliphatic carbocycles. The van der Waals surface area contributed by atoms with Crippen molar-refractivity contribution in [2.75, 3.05) is 26.7 Å². The first-order valence-corrected chi connectivity index (χ1v) is 7.66. The second kappa shape index (κ2) is 6.23. The first-order valence-electron chi connectivity index (χ1n) is 7.66. The standard InChI is InChI=1S/C15H28N2O2/c1-4-17-8-6-5-7-13(17)9-12-10-15(2,16-11-12)14(18)19-3/h12-13,16H,4-11H2,1-3H3. The normalized spacial score (nSPS) is 36.4. The summed E-state index contributed by atoms with van der Waals surface area (Å²) in [7, 11) is 1.47. The van der Waals surface area contributed by atoms with E-state index in [9.17, 15) is 4.79 Å². The first-order chi connectivity index (χ1) is 9.09. The van der Waals surface area contributed by atoms with Crippen molar-refractivity contribution in [3.63, 3.8) is 0 Å². The van der Waals surface area contributed by atoms with Gasteiger partial charge in [0.05, 0.1) is 7.11 Å². The highest BCUT2D eigenvalue weighted by Gasteiger charge is 2.42. The summed E-state index contributed by atoms with van der Waals surface area (Å²) < 4.78 is 4.91. The molecule has 2 aliphatic rings. The lowest BCUT2D eigenvalue weighted by atomic mass is 9.87. The molecule has 4 nitrogen and oxygen atoms in total. The van der Waals surface area contributed by atoms with Gasteiger partial charge >= 0.3 is 5.97 Å². The van der Waals surface area contributed by atoms with E-state index in [-0.39, 0.29) is 5.97 Å². The van der Waals surface area contributed by atoms with Gasteiger partial charge in [-0.25, -0.2) is 0 Å². The first kappa shape index (κ1) is 14.8. The van der Waals surface area contributed by atoms with E-state index in [1.165, 1.54) is 39.3 Å². The van der Waals surface area contributed by atoms with Gasteiger partial charge in [-0.2, -0.15) is 0 Å². The Morgan fingerprint density at radius 1 is 1.47 bits per heavy atom. The Hall–Kier alpha value is -0.610. The quantitative estimate of drug-likeness (QED) is 0.789. The zero-order valence-corrected chi connectivity index (χ0v) is 12.6. The molecule has 19 heavy (non-hydrogen) atoms. The number of nitrogens with one attached hydrogen (secondary N) is 1. The molecule has 3 unspecified atom stereocenters. The zero-order valence-electron chi connectivity index (χ0n) is 12.6. The molecule has 4 heteroatoms. The van der Waals surface area contributed by atoms with Crippen LogP contribution in [0.5, 0.6) is 0 Å². The summed E-state index contributed by atoms with van der Waals surface area (Å²) in [6.45, 7) is 7.56. The summed E-state index contributed by atoms with van der Waals surface area (Å²) in [4.78, 5) is 14.4. The van der Waals surface area contributed by atoms with Crippen LogP contribution in [0.1, 0.15) is 46.0 Å². The van der Waals surface area contributed by atoms with E-state index in [2.05, 4.69) is 17.1 Å². The van der Waals surface area contributed by atoms with Gasteiger partial charge in [-0.05, 0) is 58.2 Å². The fourth-order valence-corrected chi connectivity index (χ4v) is 3.77. The summed E-state index contributed by atoms with van der Waals surface area (Å²) in [5.74, 6) is 0.479. The van der Waals surface area contributed by atoms with Crippen molar-refractivity contribution in [2.45, 2.75) is 57.5 Å². The van der Waals surface area contributed by atoms with Crippen LogP contribution in [0.3, 0.4) is 0 Å². The molecule has 2 heterocycles. The molecule has 1 N–H and O–H groups in total. The molecule has 0 bridgehead atoms. The van der Waals surface area contributed by atoms with Crippen LogP contribution in [0.25, 0.3) is 0 Å². The number of hydrogen-bond donors (Lipinski definition) is 1. The van der Waals surface area contributed by atoms with E-state index in [0.717, 1.165) is 19.5 Å². The van der Waals surface area contributed by atoms with E-state index < -0.39 is 5.54 Å². The third-order valence-electron chi connectivity index (χ3n) is 4.87. The maximum Gasteiger partial charge on any atom is 0.325 e. The number of carbonyl (C=O) groups is 1. The Balaban J connectivity index is 1.89. The van der Waals surface area contributed by atoms with Crippen molar-refractivity contribution in [3.05, 3.63) is 0 Å². The number of rotatable bonds is 4. The van der Waals surface area contributed by atoms with E-state index in [1.54, 1.807) is 0 Å². The third-order valence-corrected chi connectivity index (χ3v) is 4.87. The minimum atomic E-state index is -0.467. The van der Waals surface area contributed by atoms with Gasteiger partial charge in [0, 0.05) is 6.04 Å². The number of nitrogens with zero attached hydrogens (tertiary/aromatic N) is 1. The average Bonchev–Trinajstić information content (AvgIpc) is 2.81. The molecule has 0 aromatic carbocycles. The van der Waals surface area contributed by atoms with E-state index >= 15 is 0 Å². The van der Waals surface area contributed by atoms with Crippen LogP contribution in [0.15, 0.2) is 0 Å². The van der Waals surface area contributed by atoms with Gasteiger partial charge in [0.25, 0.3) is 0 Å². The van der Waals surface area contributed by atoms with Crippen LogP contribution in [0.2, 0.25) is 0 Å². The van der Waals surface area contributed by atoms with Gasteiger partial charge in [0.15, 0.2) is 0 Å². The van der Waals surface area contributed by atoms with Crippen molar-refractivity contribution < 1.29 is 9.53 Å². The highest BCUT2D eigenvalue weighted by atomic mass is 16.5. The van der Waals surface area contributed by atoms with Gasteiger partial charge in [-0.1, -0.05) is 13.3 Å².